The number of carboxylic acids is 1. The van der Waals surface area contributed by atoms with Crippen LogP contribution in [-0.4, -0.2) is 61.8 Å². The molecule has 1 aromatic carbocycles. The number of amides is 1. The molecule has 35 heavy (non-hydrogen) atoms. The Hall–Kier alpha value is -2.39. The number of nitrogens with one attached hydrogen (secondary N) is 2. The first-order valence-electron chi connectivity index (χ1n) is 12.9. The highest BCUT2D eigenvalue weighted by molar-refractivity contribution is 5.97. The second-order valence-electron chi connectivity index (χ2n) is 9.54. The summed E-state index contributed by atoms with van der Waals surface area (Å²) in [5, 5.41) is 16.4. The van der Waals surface area contributed by atoms with Crippen LogP contribution in [0.25, 0.3) is 0 Å². The van der Waals surface area contributed by atoms with Crippen molar-refractivity contribution in [2.45, 2.75) is 64.1 Å². The number of hydrogen-bond donors (Lipinski definition) is 3. The number of piperidine rings is 1. The van der Waals surface area contributed by atoms with Crippen LogP contribution in [0.1, 0.15) is 51.9 Å². The Morgan fingerprint density at radius 2 is 1.97 bits per heavy atom. The predicted molar refractivity (Wildman–Crippen MR) is 135 cm³/mol. The van der Waals surface area contributed by atoms with E-state index in [0.29, 0.717) is 37.5 Å². The molecule has 1 saturated heterocycles. The summed E-state index contributed by atoms with van der Waals surface area (Å²) in [6, 6.07) is 8.54. The van der Waals surface area contributed by atoms with E-state index in [9.17, 15) is 19.5 Å². The van der Waals surface area contributed by atoms with Gasteiger partial charge in [-0.25, -0.2) is 9.59 Å². The average molecular weight is 487 g/mol. The summed E-state index contributed by atoms with van der Waals surface area (Å²) in [5.74, 6) is -0.744. The van der Waals surface area contributed by atoms with Gasteiger partial charge in [0.25, 0.3) is 0 Å². The lowest BCUT2D eigenvalue weighted by atomic mass is 9.83. The quantitative estimate of drug-likeness (QED) is 0.223. The molecule has 0 bridgehead atoms. The summed E-state index contributed by atoms with van der Waals surface area (Å²) in [6.45, 7) is 3.99. The molecule has 1 aromatic rings. The zero-order valence-electron chi connectivity index (χ0n) is 20.7. The van der Waals surface area contributed by atoms with Gasteiger partial charge < -0.3 is 20.0 Å². The number of hydrogen-bond acceptors (Lipinski definition) is 6. The van der Waals surface area contributed by atoms with Crippen molar-refractivity contribution in [3.63, 3.8) is 0 Å². The van der Waals surface area contributed by atoms with Gasteiger partial charge in [0, 0.05) is 24.7 Å². The van der Waals surface area contributed by atoms with E-state index in [0.717, 1.165) is 45.1 Å². The minimum atomic E-state index is -1.04. The van der Waals surface area contributed by atoms with E-state index in [-0.39, 0.29) is 29.1 Å². The van der Waals surface area contributed by atoms with Gasteiger partial charge in [-0.2, -0.15) is 4.48 Å². The molecular formula is C27H40N3O5+. The second-order valence-corrected chi connectivity index (χ2v) is 9.54. The molecule has 8 heteroatoms. The van der Waals surface area contributed by atoms with Crippen LogP contribution in [0.3, 0.4) is 0 Å². The molecule has 3 rings (SSSR count). The highest BCUT2D eigenvalue weighted by atomic mass is 16.5. The largest absolute Gasteiger partial charge is 0.477 e. The van der Waals surface area contributed by atoms with Gasteiger partial charge >= 0.3 is 11.9 Å². The number of carboxylic acid groups (broad SMARTS) is 1. The Balaban J connectivity index is 1.69. The highest BCUT2D eigenvalue weighted by Gasteiger charge is 2.45. The standard InChI is InChI=1S/C27H39N3O5/c1-2-35-25(13-8-9-22(20-31)21-14-16-28-17-15-21)29-24-12-6-7-18-30(27(24)34,19-26(32)33)23-10-4-3-5-11-23/h3-5,7,10-11,18,20-22,24-25,28-29H,2,6,8-9,12-17,19H2,1H3/p+1/t22-,24+,25+,30-/m1/s1. The number of para-hydroxylation sites is 1. The molecule has 0 saturated carbocycles. The summed E-state index contributed by atoms with van der Waals surface area (Å²) in [5.41, 5.74) is 0.633. The summed E-state index contributed by atoms with van der Waals surface area (Å²) in [7, 11) is 0. The first kappa shape index (κ1) is 27.2. The molecule has 0 radical (unpaired) electrons. The Labute approximate surface area is 208 Å². The SMILES string of the molecule is CCO[C@@H](CCC[C@H](C=O)C1CCNCC1)N[C@H]1CCC=C[N@@+](CC(=O)O)(c2ccccc2)C1=O. The van der Waals surface area contributed by atoms with Crippen molar-refractivity contribution in [3.8, 4) is 0 Å². The van der Waals surface area contributed by atoms with Gasteiger partial charge in [-0.3, -0.25) is 5.32 Å². The minimum absolute atomic E-state index is 0.0565. The zero-order valence-corrected chi connectivity index (χ0v) is 20.7. The molecule has 1 fully saturated rings. The Kier molecular flexibility index (Phi) is 10.6. The maximum absolute atomic E-state index is 13.9. The normalized spacial score (nSPS) is 25.1. The van der Waals surface area contributed by atoms with Gasteiger partial charge in [-0.1, -0.05) is 18.2 Å². The number of nitrogens with zero attached hydrogens (tertiary/aromatic N) is 1. The molecule has 0 unspecified atom stereocenters. The Bertz CT molecular complexity index is 856. The first-order chi connectivity index (χ1) is 17.0. The lowest BCUT2D eigenvalue weighted by Crippen LogP contribution is -2.60. The van der Waals surface area contributed by atoms with Crippen molar-refractivity contribution in [2.24, 2.45) is 11.8 Å². The predicted octanol–water partition coefficient (Wildman–Crippen LogP) is 3.22. The number of aldehydes is 1. The number of carbonyl (C=O) groups is 3. The van der Waals surface area contributed by atoms with Crippen molar-refractivity contribution in [2.75, 3.05) is 26.2 Å². The molecule has 2 heterocycles. The molecule has 3 N–H and O–H groups in total. The van der Waals surface area contributed by atoms with E-state index < -0.39 is 12.0 Å². The number of quaternary nitrogens is 1. The molecule has 0 aliphatic carbocycles. The average Bonchev–Trinajstić information content (AvgIpc) is 3.02. The maximum Gasteiger partial charge on any atom is 0.360 e. The van der Waals surface area contributed by atoms with Crippen LogP contribution in [0.5, 0.6) is 0 Å². The number of benzene rings is 1. The van der Waals surface area contributed by atoms with Gasteiger partial charge in [0.05, 0.1) is 0 Å². The topological polar surface area (TPSA) is 105 Å². The second kappa shape index (κ2) is 13.6. The van der Waals surface area contributed by atoms with Crippen LogP contribution in [0, 0.1) is 11.8 Å². The van der Waals surface area contributed by atoms with E-state index >= 15 is 0 Å². The van der Waals surface area contributed by atoms with Gasteiger partial charge in [0.15, 0.2) is 6.54 Å². The van der Waals surface area contributed by atoms with Gasteiger partial charge in [-0.15, -0.1) is 0 Å². The number of ether oxygens (including phenoxy) is 1. The molecule has 2 aliphatic rings. The number of allylic oxidation sites excluding steroid dienone is 1. The van der Waals surface area contributed by atoms with Crippen molar-refractivity contribution >= 4 is 23.9 Å². The van der Waals surface area contributed by atoms with Crippen LogP contribution in [0.4, 0.5) is 5.69 Å². The maximum atomic E-state index is 13.9. The Morgan fingerprint density at radius 3 is 2.63 bits per heavy atom. The minimum Gasteiger partial charge on any atom is -0.477 e. The van der Waals surface area contributed by atoms with Crippen molar-refractivity contribution < 1.29 is 24.2 Å². The molecule has 2 aliphatic heterocycles. The molecule has 8 nitrogen and oxygen atoms in total. The monoisotopic (exact) mass is 486 g/mol. The van der Waals surface area contributed by atoms with Gasteiger partial charge in [0.2, 0.25) is 0 Å². The summed E-state index contributed by atoms with van der Waals surface area (Å²) in [6.07, 6.45) is 9.99. The van der Waals surface area contributed by atoms with Crippen LogP contribution in [0.15, 0.2) is 42.6 Å². The fraction of sp³-hybridized carbons (Fsp3) is 0.593. The molecule has 1 amide bonds. The fourth-order valence-electron chi connectivity index (χ4n) is 5.36. The first-order valence-corrected chi connectivity index (χ1v) is 12.9. The third-order valence-corrected chi connectivity index (χ3v) is 7.20. The van der Waals surface area contributed by atoms with Crippen molar-refractivity contribution in [1.82, 2.24) is 15.1 Å². The molecular weight excluding hydrogens is 446 g/mol. The summed E-state index contributed by atoms with van der Waals surface area (Å²) in [4.78, 5) is 37.4. The molecule has 0 aromatic heterocycles. The van der Waals surface area contributed by atoms with Crippen LogP contribution in [0.2, 0.25) is 0 Å². The van der Waals surface area contributed by atoms with E-state index in [4.69, 9.17) is 4.74 Å². The smallest absolute Gasteiger partial charge is 0.360 e. The van der Waals surface area contributed by atoms with Gasteiger partial charge in [0.1, 0.15) is 30.4 Å². The van der Waals surface area contributed by atoms with Crippen LogP contribution < -0.4 is 15.1 Å². The fourth-order valence-corrected chi connectivity index (χ4v) is 5.36. The third-order valence-electron chi connectivity index (χ3n) is 7.20. The van der Waals surface area contributed by atoms with Crippen LogP contribution >= 0.6 is 0 Å². The molecule has 0 spiro atoms. The van der Waals surface area contributed by atoms with Crippen molar-refractivity contribution in [1.29, 1.82) is 0 Å². The molecule has 4 atom stereocenters. The van der Waals surface area contributed by atoms with E-state index in [1.54, 1.807) is 18.3 Å². The van der Waals surface area contributed by atoms with Crippen LogP contribution in [-0.2, 0) is 19.1 Å². The number of carbonyl (C=O) groups excluding carboxylic acids is 2. The number of rotatable bonds is 13. The van der Waals surface area contributed by atoms with E-state index in [1.807, 2.05) is 31.2 Å². The van der Waals surface area contributed by atoms with E-state index in [1.165, 1.54) is 0 Å². The highest BCUT2D eigenvalue weighted by Crippen LogP contribution is 2.29. The van der Waals surface area contributed by atoms with Crippen molar-refractivity contribution in [3.05, 3.63) is 42.6 Å². The van der Waals surface area contributed by atoms with Gasteiger partial charge in [-0.05, 0) is 77.0 Å². The number of aliphatic carboxylic acids is 1. The summed E-state index contributed by atoms with van der Waals surface area (Å²) >= 11 is 0. The lowest BCUT2D eigenvalue weighted by Gasteiger charge is -2.33. The summed E-state index contributed by atoms with van der Waals surface area (Å²) < 4.78 is 5.58. The Morgan fingerprint density at radius 1 is 1.23 bits per heavy atom. The third kappa shape index (κ3) is 7.30. The van der Waals surface area contributed by atoms with E-state index in [2.05, 4.69) is 10.6 Å². The molecule has 192 valence electrons. The lowest BCUT2D eigenvalue weighted by molar-refractivity contribution is -0.143. The zero-order chi connectivity index (χ0) is 25.1.